The van der Waals surface area contributed by atoms with Crippen molar-refractivity contribution in [1.82, 2.24) is 10.2 Å². The molecule has 0 aromatic heterocycles. The van der Waals surface area contributed by atoms with Gasteiger partial charge in [-0.3, -0.25) is 0 Å². The average molecular weight is 300 g/mol. The number of fused-ring (bicyclic) bond motifs is 1. The average Bonchev–Trinajstić information content (AvgIpc) is 2.79. The molecule has 4 unspecified atom stereocenters. The van der Waals surface area contributed by atoms with Crippen molar-refractivity contribution >= 4 is 9.84 Å². The van der Waals surface area contributed by atoms with E-state index in [0.29, 0.717) is 17.5 Å². The Hall–Kier alpha value is -0.130. The second kappa shape index (κ2) is 5.93. The van der Waals surface area contributed by atoms with Crippen LogP contribution in [-0.4, -0.2) is 56.5 Å². The quantitative estimate of drug-likeness (QED) is 0.856. The molecule has 3 aliphatic rings. The first-order valence-electron chi connectivity index (χ1n) is 8.20. The fourth-order valence-corrected chi connectivity index (χ4v) is 6.14. The Kier molecular flexibility index (Phi) is 4.39. The second-order valence-corrected chi connectivity index (χ2v) is 9.32. The standard InChI is InChI=1S/C15H28N2O2S/c1-17(14-8-9-20(18,19)11-14)10-13-7-6-12-4-2-3-5-15(12)16-13/h12-16H,2-11H2,1H3. The molecule has 3 fully saturated rings. The Balaban J connectivity index is 1.51. The molecule has 4 atom stereocenters. The maximum atomic E-state index is 11.6. The lowest BCUT2D eigenvalue weighted by Crippen LogP contribution is -2.53. The van der Waals surface area contributed by atoms with Crippen LogP contribution in [0.5, 0.6) is 0 Å². The summed E-state index contributed by atoms with van der Waals surface area (Å²) in [6, 6.07) is 1.52. The lowest BCUT2D eigenvalue weighted by atomic mass is 9.77. The first kappa shape index (κ1) is 14.8. The Morgan fingerprint density at radius 1 is 1.10 bits per heavy atom. The van der Waals surface area contributed by atoms with Gasteiger partial charge >= 0.3 is 0 Å². The molecular formula is C15H28N2O2S. The van der Waals surface area contributed by atoms with Gasteiger partial charge in [-0.15, -0.1) is 0 Å². The van der Waals surface area contributed by atoms with E-state index >= 15 is 0 Å². The van der Waals surface area contributed by atoms with E-state index in [2.05, 4.69) is 17.3 Å². The maximum Gasteiger partial charge on any atom is 0.151 e. The number of sulfone groups is 1. The van der Waals surface area contributed by atoms with Gasteiger partial charge in [0.25, 0.3) is 0 Å². The highest BCUT2D eigenvalue weighted by Crippen LogP contribution is 2.32. The van der Waals surface area contributed by atoms with Crippen LogP contribution < -0.4 is 5.32 Å². The minimum Gasteiger partial charge on any atom is -0.310 e. The number of nitrogens with one attached hydrogen (secondary N) is 1. The summed E-state index contributed by atoms with van der Waals surface area (Å²) in [7, 11) is -0.665. The van der Waals surface area contributed by atoms with E-state index in [4.69, 9.17) is 0 Å². The third-order valence-corrected chi connectivity index (χ3v) is 7.34. The Morgan fingerprint density at radius 3 is 2.65 bits per heavy atom. The fraction of sp³-hybridized carbons (Fsp3) is 1.00. The molecule has 3 rings (SSSR count). The Labute approximate surface area is 123 Å². The first-order valence-corrected chi connectivity index (χ1v) is 10.0. The zero-order valence-corrected chi connectivity index (χ0v) is 13.4. The van der Waals surface area contributed by atoms with Gasteiger partial charge in [0.15, 0.2) is 9.84 Å². The van der Waals surface area contributed by atoms with Gasteiger partial charge in [0.2, 0.25) is 0 Å². The van der Waals surface area contributed by atoms with Gasteiger partial charge in [-0.25, -0.2) is 8.42 Å². The van der Waals surface area contributed by atoms with Crippen LogP contribution in [0.15, 0.2) is 0 Å². The molecular weight excluding hydrogens is 272 g/mol. The summed E-state index contributed by atoms with van der Waals surface area (Å²) in [4.78, 5) is 2.28. The highest BCUT2D eigenvalue weighted by molar-refractivity contribution is 7.91. The second-order valence-electron chi connectivity index (χ2n) is 7.09. The Morgan fingerprint density at radius 2 is 1.90 bits per heavy atom. The molecule has 5 heteroatoms. The molecule has 0 spiro atoms. The van der Waals surface area contributed by atoms with Crippen molar-refractivity contribution in [2.45, 2.75) is 63.1 Å². The topological polar surface area (TPSA) is 49.4 Å². The van der Waals surface area contributed by atoms with E-state index in [1.165, 1.54) is 38.5 Å². The molecule has 0 amide bonds. The number of hydrogen-bond donors (Lipinski definition) is 1. The summed E-state index contributed by atoms with van der Waals surface area (Å²) in [5, 5.41) is 3.84. The fourth-order valence-electron chi connectivity index (χ4n) is 4.34. The molecule has 1 N–H and O–H groups in total. The number of nitrogens with zero attached hydrogens (tertiary/aromatic N) is 1. The lowest BCUT2D eigenvalue weighted by molar-refractivity contribution is 0.141. The lowest BCUT2D eigenvalue weighted by Gasteiger charge is -2.42. The summed E-state index contributed by atoms with van der Waals surface area (Å²) in [6.07, 6.45) is 8.95. The van der Waals surface area contributed by atoms with E-state index in [0.717, 1.165) is 24.9 Å². The zero-order chi connectivity index (χ0) is 14.2. The van der Waals surface area contributed by atoms with Crippen molar-refractivity contribution in [1.29, 1.82) is 0 Å². The van der Waals surface area contributed by atoms with Gasteiger partial charge in [0.05, 0.1) is 11.5 Å². The van der Waals surface area contributed by atoms with Crippen molar-refractivity contribution < 1.29 is 8.42 Å². The predicted molar refractivity (Wildman–Crippen MR) is 81.6 cm³/mol. The van der Waals surface area contributed by atoms with Crippen molar-refractivity contribution in [3.8, 4) is 0 Å². The number of piperidine rings is 1. The normalized spacial score (nSPS) is 40.7. The minimum atomic E-state index is -2.76. The van der Waals surface area contributed by atoms with E-state index in [9.17, 15) is 8.42 Å². The largest absolute Gasteiger partial charge is 0.310 e. The highest BCUT2D eigenvalue weighted by Gasteiger charge is 2.35. The van der Waals surface area contributed by atoms with Gasteiger partial charge in [0, 0.05) is 24.7 Å². The molecule has 1 saturated carbocycles. The van der Waals surface area contributed by atoms with Crippen molar-refractivity contribution in [3.63, 3.8) is 0 Å². The highest BCUT2D eigenvalue weighted by atomic mass is 32.2. The summed E-state index contributed by atoms with van der Waals surface area (Å²) < 4.78 is 23.2. The van der Waals surface area contributed by atoms with E-state index in [-0.39, 0.29) is 6.04 Å². The molecule has 1 aliphatic carbocycles. The molecule has 2 saturated heterocycles. The van der Waals surface area contributed by atoms with E-state index in [1.807, 2.05) is 0 Å². The van der Waals surface area contributed by atoms with Gasteiger partial charge in [-0.2, -0.15) is 0 Å². The van der Waals surface area contributed by atoms with Crippen molar-refractivity contribution in [2.24, 2.45) is 5.92 Å². The summed E-state index contributed by atoms with van der Waals surface area (Å²) in [6.45, 7) is 1.00. The molecule has 4 nitrogen and oxygen atoms in total. The number of likely N-dealkylation sites (N-methyl/N-ethyl adjacent to an activating group) is 1. The monoisotopic (exact) mass is 300 g/mol. The van der Waals surface area contributed by atoms with Crippen LogP contribution in [0, 0.1) is 5.92 Å². The molecule has 2 aliphatic heterocycles. The third-order valence-electron chi connectivity index (χ3n) is 5.58. The van der Waals surface area contributed by atoms with Gasteiger partial charge in [0.1, 0.15) is 0 Å². The number of rotatable bonds is 3. The zero-order valence-electron chi connectivity index (χ0n) is 12.6. The third kappa shape index (κ3) is 3.37. The van der Waals surface area contributed by atoms with Crippen LogP contribution >= 0.6 is 0 Å². The van der Waals surface area contributed by atoms with E-state index < -0.39 is 9.84 Å². The van der Waals surface area contributed by atoms with Crippen LogP contribution in [0.1, 0.15) is 44.9 Å². The molecule has 2 heterocycles. The van der Waals surface area contributed by atoms with Crippen LogP contribution in [0.4, 0.5) is 0 Å². The summed E-state index contributed by atoms with van der Waals surface area (Å²) in [5.74, 6) is 1.64. The van der Waals surface area contributed by atoms with Crippen LogP contribution in [-0.2, 0) is 9.84 Å². The molecule has 20 heavy (non-hydrogen) atoms. The van der Waals surface area contributed by atoms with Crippen LogP contribution in [0.3, 0.4) is 0 Å². The smallest absolute Gasteiger partial charge is 0.151 e. The number of hydrogen-bond acceptors (Lipinski definition) is 4. The molecule has 0 aromatic rings. The first-order chi connectivity index (χ1) is 9.53. The van der Waals surface area contributed by atoms with E-state index in [1.54, 1.807) is 0 Å². The predicted octanol–water partition coefficient (Wildman–Crippen LogP) is 1.42. The van der Waals surface area contributed by atoms with Crippen molar-refractivity contribution in [2.75, 3.05) is 25.1 Å². The summed E-state index contributed by atoms with van der Waals surface area (Å²) in [5.41, 5.74) is 0. The van der Waals surface area contributed by atoms with Gasteiger partial charge < -0.3 is 10.2 Å². The summed E-state index contributed by atoms with van der Waals surface area (Å²) >= 11 is 0. The maximum absolute atomic E-state index is 11.6. The van der Waals surface area contributed by atoms with Gasteiger partial charge in [-0.05, 0) is 45.1 Å². The molecule has 116 valence electrons. The van der Waals surface area contributed by atoms with Gasteiger partial charge in [-0.1, -0.05) is 12.8 Å². The minimum absolute atomic E-state index is 0.242. The Bertz CT molecular complexity index is 437. The van der Waals surface area contributed by atoms with Crippen LogP contribution in [0.2, 0.25) is 0 Å². The SMILES string of the molecule is CN(CC1CCC2CCCCC2N1)C1CCS(=O)(=O)C1. The van der Waals surface area contributed by atoms with Crippen LogP contribution in [0.25, 0.3) is 0 Å². The molecule has 0 bridgehead atoms. The molecule has 0 radical (unpaired) electrons. The van der Waals surface area contributed by atoms with Crippen molar-refractivity contribution in [3.05, 3.63) is 0 Å². The molecule has 0 aromatic carbocycles.